The summed E-state index contributed by atoms with van der Waals surface area (Å²) in [4.78, 5) is 9.62. The molecule has 0 bridgehead atoms. The molecule has 24 heavy (non-hydrogen) atoms. The molecule has 0 unspecified atom stereocenters. The number of rotatable bonds is 4. The van der Waals surface area contributed by atoms with E-state index in [-0.39, 0.29) is 6.04 Å². The van der Waals surface area contributed by atoms with Crippen LogP contribution >= 0.6 is 11.3 Å². The fourth-order valence-electron chi connectivity index (χ4n) is 2.22. The van der Waals surface area contributed by atoms with Gasteiger partial charge in [-0.2, -0.15) is 5.10 Å². The monoisotopic (exact) mass is 336 g/mol. The van der Waals surface area contributed by atoms with Crippen molar-refractivity contribution in [3.63, 3.8) is 0 Å². The third-order valence-corrected chi connectivity index (χ3v) is 4.26. The molecule has 0 saturated carbocycles. The van der Waals surface area contributed by atoms with E-state index in [1.54, 1.807) is 23.7 Å². The molecular formula is C19H20N4S. The van der Waals surface area contributed by atoms with Crippen LogP contribution < -0.4 is 4.80 Å². The molecule has 0 aliphatic rings. The molecule has 0 radical (unpaired) electrons. The highest BCUT2D eigenvalue weighted by Crippen LogP contribution is 2.20. The van der Waals surface area contributed by atoms with Crippen molar-refractivity contribution in [3.05, 3.63) is 70.1 Å². The van der Waals surface area contributed by atoms with Crippen LogP contribution in [0.2, 0.25) is 0 Å². The number of nitrogens with zero attached hydrogens (tertiary/aromatic N) is 4. The summed E-state index contributed by atoms with van der Waals surface area (Å²) in [5, 5.41) is 6.78. The van der Waals surface area contributed by atoms with E-state index in [1.165, 1.54) is 5.56 Å². The molecule has 0 aliphatic carbocycles. The maximum Gasteiger partial charge on any atom is 0.206 e. The molecule has 0 aliphatic heterocycles. The minimum atomic E-state index is 0.219. The van der Waals surface area contributed by atoms with E-state index in [0.29, 0.717) is 0 Å². The predicted molar refractivity (Wildman–Crippen MR) is 100 cm³/mol. The largest absolute Gasteiger partial charge is 0.265 e. The van der Waals surface area contributed by atoms with E-state index in [1.807, 2.05) is 23.0 Å². The van der Waals surface area contributed by atoms with Crippen LogP contribution in [-0.2, 0) is 0 Å². The summed E-state index contributed by atoms with van der Waals surface area (Å²) in [5.74, 6) is 0. The second-order valence-electron chi connectivity index (χ2n) is 5.83. The molecule has 122 valence electrons. The van der Waals surface area contributed by atoms with E-state index in [2.05, 4.69) is 60.5 Å². The van der Waals surface area contributed by atoms with Gasteiger partial charge in [-0.1, -0.05) is 29.8 Å². The molecule has 0 atom stereocenters. The molecule has 0 N–H and O–H groups in total. The number of hydrogen-bond donors (Lipinski definition) is 0. The molecule has 1 aromatic carbocycles. The molecule has 0 fully saturated rings. The third kappa shape index (κ3) is 3.86. The maximum absolute atomic E-state index is 4.69. The first-order chi connectivity index (χ1) is 11.6. The smallest absolute Gasteiger partial charge is 0.206 e. The van der Waals surface area contributed by atoms with Crippen LogP contribution in [0.3, 0.4) is 0 Å². The van der Waals surface area contributed by atoms with Crippen LogP contribution in [0.5, 0.6) is 0 Å². The topological polar surface area (TPSA) is 42.5 Å². The van der Waals surface area contributed by atoms with Gasteiger partial charge in [-0.25, -0.2) is 4.68 Å². The Morgan fingerprint density at radius 3 is 2.46 bits per heavy atom. The van der Waals surface area contributed by atoms with Crippen LogP contribution in [0.25, 0.3) is 11.3 Å². The number of benzene rings is 1. The minimum absolute atomic E-state index is 0.219. The average molecular weight is 336 g/mol. The van der Waals surface area contributed by atoms with Gasteiger partial charge in [-0.3, -0.25) is 9.98 Å². The summed E-state index contributed by atoms with van der Waals surface area (Å²) in [6, 6.07) is 12.6. The molecule has 0 saturated heterocycles. The van der Waals surface area contributed by atoms with E-state index in [9.17, 15) is 0 Å². The lowest BCUT2D eigenvalue weighted by atomic mass is 10.1. The van der Waals surface area contributed by atoms with Gasteiger partial charge in [-0.15, -0.1) is 11.3 Å². The van der Waals surface area contributed by atoms with Gasteiger partial charge in [0.05, 0.1) is 11.9 Å². The number of hydrogen-bond acceptors (Lipinski definition) is 4. The Hall–Kier alpha value is -2.53. The zero-order valence-electron chi connectivity index (χ0n) is 14.0. The second-order valence-corrected chi connectivity index (χ2v) is 6.67. The van der Waals surface area contributed by atoms with Crippen molar-refractivity contribution < 1.29 is 0 Å². The Kier molecular flexibility index (Phi) is 5.01. The zero-order chi connectivity index (χ0) is 16.9. The highest BCUT2D eigenvalue weighted by molar-refractivity contribution is 7.07. The molecule has 2 heterocycles. The second kappa shape index (κ2) is 7.36. The van der Waals surface area contributed by atoms with Gasteiger partial charge in [0, 0.05) is 29.4 Å². The summed E-state index contributed by atoms with van der Waals surface area (Å²) in [6.07, 6.45) is 5.37. The van der Waals surface area contributed by atoms with Gasteiger partial charge in [-0.05, 0) is 38.5 Å². The average Bonchev–Trinajstić information content (AvgIpc) is 2.96. The molecular weight excluding hydrogens is 316 g/mol. The van der Waals surface area contributed by atoms with E-state index >= 15 is 0 Å². The van der Waals surface area contributed by atoms with Crippen molar-refractivity contribution in [2.45, 2.75) is 26.8 Å². The standard InChI is InChI=1S/C19H20N4S/c1-14(2)22-19-23(21-12-16-8-10-20-11-9-16)18(13-24-19)17-6-4-15(3)5-7-17/h4-14H,1-3H3. The first-order valence-electron chi connectivity index (χ1n) is 7.89. The van der Waals surface area contributed by atoms with Crippen molar-refractivity contribution in [2.75, 3.05) is 0 Å². The molecule has 3 rings (SSSR count). The third-order valence-electron chi connectivity index (χ3n) is 3.43. The number of aryl methyl sites for hydroxylation is 1. The Bertz CT molecular complexity index is 887. The maximum atomic E-state index is 4.69. The van der Waals surface area contributed by atoms with E-state index in [4.69, 9.17) is 4.99 Å². The Balaban J connectivity index is 2.08. The molecule has 0 amide bonds. The lowest BCUT2D eigenvalue weighted by Crippen LogP contribution is -2.14. The zero-order valence-corrected chi connectivity index (χ0v) is 14.9. The molecule has 0 spiro atoms. The molecule has 5 heteroatoms. The molecule has 3 aromatic rings. The highest BCUT2D eigenvalue weighted by Gasteiger charge is 2.07. The first kappa shape index (κ1) is 16.3. The quantitative estimate of drug-likeness (QED) is 0.661. The first-order valence-corrected chi connectivity index (χ1v) is 8.77. The van der Waals surface area contributed by atoms with Crippen molar-refractivity contribution in [3.8, 4) is 11.3 Å². The summed E-state index contributed by atoms with van der Waals surface area (Å²) in [6.45, 7) is 6.23. The predicted octanol–water partition coefficient (Wildman–Crippen LogP) is 4.11. The highest BCUT2D eigenvalue weighted by atomic mass is 32.1. The lowest BCUT2D eigenvalue weighted by Gasteiger charge is -2.04. The van der Waals surface area contributed by atoms with Gasteiger partial charge in [0.15, 0.2) is 0 Å². The van der Waals surface area contributed by atoms with E-state index in [0.717, 1.165) is 21.6 Å². The minimum Gasteiger partial charge on any atom is -0.265 e. The van der Waals surface area contributed by atoms with Crippen LogP contribution in [0.15, 0.2) is 64.3 Å². The van der Waals surface area contributed by atoms with Crippen LogP contribution in [0.1, 0.15) is 25.0 Å². The van der Waals surface area contributed by atoms with Crippen molar-refractivity contribution in [1.29, 1.82) is 0 Å². The summed E-state index contributed by atoms with van der Waals surface area (Å²) < 4.78 is 1.91. The van der Waals surface area contributed by atoms with Crippen molar-refractivity contribution in [2.24, 2.45) is 10.1 Å². The van der Waals surface area contributed by atoms with Gasteiger partial charge in [0.25, 0.3) is 0 Å². The number of thiazole rings is 1. The van der Waals surface area contributed by atoms with Gasteiger partial charge in [0.1, 0.15) is 0 Å². The Morgan fingerprint density at radius 1 is 1.08 bits per heavy atom. The summed E-state index contributed by atoms with van der Waals surface area (Å²) in [5.41, 5.74) is 4.43. The summed E-state index contributed by atoms with van der Waals surface area (Å²) in [7, 11) is 0. The Labute approximate surface area is 145 Å². The normalized spacial score (nSPS) is 12.4. The van der Waals surface area contributed by atoms with Crippen LogP contribution in [0, 0.1) is 6.92 Å². The van der Waals surface area contributed by atoms with Crippen LogP contribution in [-0.4, -0.2) is 21.9 Å². The Morgan fingerprint density at radius 2 is 1.79 bits per heavy atom. The van der Waals surface area contributed by atoms with Crippen LogP contribution in [0.4, 0.5) is 0 Å². The van der Waals surface area contributed by atoms with Gasteiger partial charge >= 0.3 is 0 Å². The van der Waals surface area contributed by atoms with Gasteiger partial charge < -0.3 is 0 Å². The van der Waals surface area contributed by atoms with Crippen molar-refractivity contribution in [1.82, 2.24) is 9.66 Å². The molecule has 4 nitrogen and oxygen atoms in total. The SMILES string of the molecule is Cc1ccc(-c2csc(=NC(C)C)n2N=Cc2ccncc2)cc1. The fourth-order valence-corrected chi connectivity index (χ4v) is 3.19. The number of pyridine rings is 1. The van der Waals surface area contributed by atoms with Crippen molar-refractivity contribution >= 4 is 17.6 Å². The fraction of sp³-hybridized carbons (Fsp3) is 0.211. The molecule has 2 aromatic heterocycles. The summed E-state index contributed by atoms with van der Waals surface area (Å²) >= 11 is 1.61. The van der Waals surface area contributed by atoms with Gasteiger partial charge in [0.2, 0.25) is 4.80 Å². The van der Waals surface area contributed by atoms with E-state index < -0.39 is 0 Å². The lowest BCUT2D eigenvalue weighted by molar-refractivity contribution is 0.754. The number of aromatic nitrogens is 2.